The van der Waals surface area contributed by atoms with Crippen LogP contribution in [0.15, 0.2) is 41.7 Å². The summed E-state index contributed by atoms with van der Waals surface area (Å²) < 4.78 is 1.64. The van der Waals surface area contributed by atoms with Gasteiger partial charge in [-0.25, -0.2) is 14.7 Å². The molecule has 2 aromatic rings. The molecule has 0 aliphatic heterocycles. The molecular weight excluding hydrogens is 300 g/mol. The van der Waals surface area contributed by atoms with Gasteiger partial charge in [0.2, 0.25) is 0 Å². The van der Waals surface area contributed by atoms with Crippen LogP contribution in [-0.4, -0.2) is 27.3 Å². The van der Waals surface area contributed by atoms with Crippen molar-refractivity contribution in [3.63, 3.8) is 0 Å². The highest BCUT2D eigenvalue weighted by Crippen LogP contribution is 2.16. The normalized spacial score (nSPS) is 11.5. The largest absolute Gasteiger partial charge is 0.370 e. The van der Waals surface area contributed by atoms with E-state index in [0.717, 1.165) is 16.8 Å². The Hall–Kier alpha value is -2.34. The molecule has 0 unspecified atom stereocenters. The van der Waals surface area contributed by atoms with Crippen LogP contribution in [0.1, 0.15) is 18.2 Å². The second-order valence-corrected chi connectivity index (χ2v) is 5.49. The summed E-state index contributed by atoms with van der Waals surface area (Å²) in [6, 6.07) is 3.89. The molecule has 7 heteroatoms. The zero-order valence-electron chi connectivity index (χ0n) is 12.7. The van der Waals surface area contributed by atoms with Gasteiger partial charge in [-0.3, -0.25) is 0 Å². The van der Waals surface area contributed by atoms with E-state index >= 15 is 0 Å². The Labute approximate surface area is 134 Å². The van der Waals surface area contributed by atoms with Crippen molar-refractivity contribution in [1.82, 2.24) is 20.1 Å². The Bertz CT molecular complexity index is 704. The molecule has 0 radical (unpaired) electrons. The summed E-state index contributed by atoms with van der Waals surface area (Å²) in [6.45, 7) is 8.64. The fraction of sp³-hybridized carbons (Fsp3) is 0.267. The smallest absolute Gasteiger partial charge is 0.189 e. The third-order valence-electron chi connectivity index (χ3n) is 2.85. The Kier molecular flexibility index (Phi) is 5.16. The van der Waals surface area contributed by atoms with Crippen LogP contribution < -0.4 is 11.1 Å². The number of aryl methyl sites for hydroxylation is 1. The molecule has 0 aliphatic carbocycles. The van der Waals surface area contributed by atoms with Crippen molar-refractivity contribution in [3.05, 3.63) is 53.0 Å². The maximum atomic E-state index is 5.92. The van der Waals surface area contributed by atoms with Crippen LogP contribution in [0.3, 0.4) is 0 Å². The predicted octanol–water partition coefficient (Wildman–Crippen LogP) is 2.21. The third kappa shape index (κ3) is 4.33. The van der Waals surface area contributed by atoms with Gasteiger partial charge in [0, 0.05) is 17.8 Å². The van der Waals surface area contributed by atoms with E-state index in [0.29, 0.717) is 29.9 Å². The molecule has 0 spiro atoms. The van der Waals surface area contributed by atoms with E-state index in [1.807, 2.05) is 26.0 Å². The lowest BCUT2D eigenvalue weighted by Gasteiger charge is -2.09. The van der Waals surface area contributed by atoms with Gasteiger partial charge in [-0.15, -0.1) is 0 Å². The lowest BCUT2D eigenvalue weighted by Crippen LogP contribution is -2.32. The molecule has 0 atom stereocenters. The average molecular weight is 319 g/mol. The van der Waals surface area contributed by atoms with Crippen LogP contribution in [0.4, 0.5) is 0 Å². The van der Waals surface area contributed by atoms with Gasteiger partial charge in [0.05, 0.1) is 24.0 Å². The molecule has 0 aliphatic rings. The molecule has 22 heavy (non-hydrogen) atoms. The van der Waals surface area contributed by atoms with Crippen molar-refractivity contribution in [2.45, 2.75) is 20.4 Å². The van der Waals surface area contributed by atoms with Gasteiger partial charge in [-0.1, -0.05) is 29.8 Å². The van der Waals surface area contributed by atoms with E-state index in [2.05, 4.69) is 27.0 Å². The number of nitrogens with two attached hydrogens (primary N) is 1. The highest BCUT2D eigenvalue weighted by molar-refractivity contribution is 6.30. The van der Waals surface area contributed by atoms with Crippen LogP contribution in [0, 0.1) is 6.92 Å². The third-order valence-corrected chi connectivity index (χ3v) is 3.05. The topological polar surface area (TPSA) is 81.1 Å². The molecule has 2 aromatic heterocycles. The number of nitrogens with zero attached hydrogens (tertiary/aromatic N) is 4. The molecule has 0 aromatic carbocycles. The van der Waals surface area contributed by atoms with Crippen molar-refractivity contribution in [3.8, 4) is 5.82 Å². The molecule has 116 valence electrons. The molecule has 0 bridgehead atoms. The number of hydrogen-bond acceptors (Lipinski definition) is 3. The SMILES string of the molecule is C=C(C)CNC(N)=NCc1ccc(C)nc1-n1cc(Cl)cn1. The Morgan fingerprint density at radius 3 is 2.91 bits per heavy atom. The number of aromatic nitrogens is 3. The molecule has 0 saturated carbocycles. The van der Waals surface area contributed by atoms with Gasteiger partial charge in [-0.05, 0) is 19.9 Å². The van der Waals surface area contributed by atoms with E-state index in [9.17, 15) is 0 Å². The van der Waals surface area contributed by atoms with Crippen molar-refractivity contribution < 1.29 is 0 Å². The van der Waals surface area contributed by atoms with Crippen molar-refractivity contribution >= 4 is 17.6 Å². The first-order chi connectivity index (χ1) is 10.5. The van der Waals surface area contributed by atoms with Crippen LogP contribution >= 0.6 is 11.6 Å². The minimum Gasteiger partial charge on any atom is -0.370 e. The fourth-order valence-electron chi connectivity index (χ4n) is 1.78. The van der Waals surface area contributed by atoms with E-state index in [4.69, 9.17) is 17.3 Å². The van der Waals surface area contributed by atoms with E-state index < -0.39 is 0 Å². The highest BCUT2D eigenvalue weighted by atomic mass is 35.5. The molecule has 6 nitrogen and oxygen atoms in total. The maximum absolute atomic E-state index is 5.92. The molecule has 0 amide bonds. The zero-order chi connectivity index (χ0) is 16.1. The van der Waals surface area contributed by atoms with Gasteiger partial charge in [-0.2, -0.15) is 5.10 Å². The summed E-state index contributed by atoms with van der Waals surface area (Å²) in [4.78, 5) is 8.82. The first-order valence-corrected chi connectivity index (χ1v) is 7.18. The van der Waals surface area contributed by atoms with Crippen molar-refractivity contribution in [2.75, 3.05) is 6.54 Å². The quantitative estimate of drug-likeness (QED) is 0.503. The number of pyridine rings is 1. The Morgan fingerprint density at radius 1 is 1.50 bits per heavy atom. The lowest BCUT2D eigenvalue weighted by molar-refractivity contribution is 0.815. The number of halogens is 1. The fourth-order valence-corrected chi connectivity index (χ4v) is 1.91. The minimum atomic E-state index is 0.369. The Morgan fingerprint density at radius 2 is 2.27 bits per heavy atom. The molecule has 2 heterocycles. The van der Waals surface area contributed by atoms with Gasteiger partial charge in [0.15, 0.2) is 11.8 Å². The average Bonchev–Trinajstić information content (AvgIpc) is 2.90. The van der Waals surface area contributed by atoms with Crippen molar-refractivity contribution in [2.24, 2.45) is 10.7 Å². The summed E-state index contributed by atoms with van der Waals surface area (Å²) in [7, 11) is 0. The van der Waals surface area contributed by atoms with Gasteiger partial charge >= 0.3 is 0 Å². The molecule has 0 saturated heterocycles. The van der Waals surface area contributed by atoms with Gasteiger partial charge in [0.25, 0.3) is 0 Å². The van der Waals surface area contributed by atoms with Gasteiger partial charge < -0.3 is 11.1 Å². The van der Waals surface area contributed by atoms with Crippen LogP contribution in [0.2, 0.25) is 5.02 Å². The monoisotopic (exact) mass is 318 g/mol. The van der Waals surface area contributed by atoms with Crippen LogP contribution in [0.5, 0.6) is 0 Å². The summed E-state index contributed by atoms with van der Waals surface area (Å²) in [5, 5.41) is 7.74. The van der Waals surface area contributed by atoms with E-state index in [1.54, 1.807) is 17.1 Å². The first kappa shape index (κ1) is 16.0. The summed E-state index contributed by atoms with van der Waals surface area (Å²) >= 11 is 5.92. The summed E-state index contributed by atoms with van der Waals surface area (Å²) in [5.41, 5.74) is 8.61. The minimum absolute atomic E-state index is 0.369. The molecule has 2 rings (SSSR count). The number of guanidine groups is 1. The molecule has 0 fully saturated rings. The summed E-state index contributed by atoms with van der Waals surface area (Å²) in [6.07, 6.45) is 3.28. The second kappa shape index (κ2) is 7.09. The number of rotatable bonds is 5. The standard InChI is InChI=1S/C15H19ClN6/c1-10(2)6-18-15(17)19-7-12-5-4-11(3)21-14(12)22-9-13(16)8-20-22/h4-5,8-9H,1,6-7H2,2-3H3,(H3,17,18,19). The number of nitrogens with one attached hydrogen (secondary N) is 1. The first-order valence-electron chi connectivity index (χ1n) is 6.81. The maximum Gasteiger partial charge on any atom is 0.189 e. The van der Waals surface area contributed by atoms with Gasteiger partial charge in [0.1, 0.15) is 0 Å². The summed E-state index contributed by atoms with van der Waals surface area (Å²) in [5.74, 6) is 1.07. The van der Waals surface area contributed by atoms with E-state index in [1.165, 1.54) is 0 Å². The highest BCUT2D eigenvalue weighted by Gasteiger charge is 2.08. The number of aliphatic imine (C=N–C) groups is 1. The lowest BCUT2D eigenvalue weighted by atomic mass is 10.2. The predicted molar refractivity (Wildman–Crippen MR) is 89.2 cm³/mol. The zero-order valence-corrected chi connectivity index (χ0v) is 13.4. The number of hydrogen-bond donors (Lipinski definition) is 2. The van der Waals surface area contributed by atoms with Crippen molar-refractivity contribution in [1.29, 1.82) is 0 Å². The van der Waals surface area contributed by atoms with Crippen LogP contribution in [-0.2, 0) is 6.54 Å². The second-order valence-electron chi connectivity index (χ2n) is 5.05. The molecular formula is C15H19ClN6. The van der Waals surface area contributed by atoms with E-state index in [-0.39, 0.29) is 0 Å². The van der Waals surface area contributed by atoms with Crippen LogP contribution in [0.25, 0.3) is 5.82 Å². The molecule has 3 N–H and O–H groups in total. The Balaban J connectivity index is 2.21.